The quantitative estimate of drug-likeness (QED) is 0.595. The van der Waals surface area contributed by atoms with E-state index in [1.54, 1.807) is 0 Å². The van der Waals surface area contributed by atoms with E-state index < -0.39 is 23.0 Å². The molecule has 0 unspecified atom stereocenters. The third kappa shape index (κ3) is 1.86. The molecule has 1 aliphatic rings. The van der Waals surface area contributed by atoms with Crippen molar-refractivity contribution in [3.63, 3.8) is 0 Å². The molecule has 1 aromatic carbocycles. The second kappa shape index (κ2) is 4.13. The van der Waals surface area contributed by atoms with Crippen molar-refractivity contribution in [2.45, 2.75) is 11.8 Å². The van der Waals surface area contributed by atoms with E-state index in [0.29, 0.717) is 0 Å². The van der Waals surface area contributed by atoms with Gasteiger partial charge in [-0.25, -0.2) is 8.78 Å². The van der Waals surface area contributed by atoms with Gasteiger partial charge in [-0.15, -0.1) is 6.58 Å². The summed E-state index contributed by atoms with van der Waals surface area (Å²) in [5.74, 6) is -2.00. The Hall–Kier alpha value is -1.97. The number of esters is 1. The molecule has 0 saturated heterocycles. The van der Waals surface area contributed by atoms with Gasteiger partial charge in [0.1, 0.15) is 17.0 Å². The zero-order chi connectivity index (χ0) is 12.5. The van der Waals surface area contributed by atoms with E-state index in [1.165, 1.54) is 18.4 Å². The average Bonchev–Trinajstić information content (AvgIpc) is 2.60. The molecule has 2 nitrogen and oxygen atoms in total. The fourth-order valence-corrected chi connectivity index (χ4v) is 1.91. The van der Waals surface area contributed by atoms with E-state index in [2.05, 4.69) is 6.58 Å². The lowest BCUT2D eigenvalue weighted by atomic mass is 9.78. The zero-order valence-electron chi connectivity index (χ0n) is 8.95. The largest absolute Gasteiger partial charge is 0.434 e. The maximum atomic E-state index is 13.2. The number of hydrogen-bond acceptors (Lipinski definition) is 2. The third-order valence-corrected chi connectivity index (χ3v) is 2.74. The lowest BCUT2D eigenvalue weighted by Crippen LogP contribution is -2.31. The molecule has 17 heavy (non-hydrogen) atoms. The number of allylic oxidation sites excluding steroid dienone is 1. The molecule has 0 aliphatic carbocycles. The molecule has 0 amide bonds. The van der Waals surface area contributed by atoms with Crippen LogP contribution in [-0.2, 0) is 14.9 Å². The molecule has 1 atom stereocenters. The third-order valence-electron chi connectivity index (χ3n) is 2.74. The molecule has 4 heteroatoms. The SMILES string of the molecule is C=CC[C@]1(c2cc(F)cc(F)c2)C=COC1=O. The Morgan fingerprint density at radius 3 is 2.41 bits per heavy atom. The van der Waals surface area contributed by atoms with Gasteiger partial charge in [0.05, 0.1) is 6.26 Å². The number of ether oxygens (including phenoxy) is 1. The summed E-state index contributed by atoms with van der Waals surface area (Å²) in [5, 5.41) is 0. The summed E-state index contributed by atoms with van der Waals surface area (Å²) in [5.41, 5.74) is -0.932. The fraction of sp³-hybridized carbons (Fsp3) is 0.154. The van der Waals surface area contributed by atoms with E-state index >= 15 is 0 Å². The number of rotatable bonds is 3. The van der Waals surface area contributed by atoms with E-state index in [-0.39, 0.29) is 12.0 Å². The van der Waals surface area contributed by atoms with Gasteiger partial charge in [-0.05, 0) is 30.2 Å². The Bertz CT molecular complexity index is 488. The predicted molar refractivity (Wildman–Crippen MR) is 58.1 cm³/mol. The van der Waals surface area contributed by atoms with Crippen molar-refractivity contribution in [3.8, 4) is 0 Å². The standard InChI is InChI=1S/C13H10F2O2/c1-2-3-13(4-5-17-12(13)16)9-6-10(14)8-11(15)7-9/h2,4-8H,1,3H2/t13-/m1/s1. The summed E-state index contributed by atoms with van der Waals surface area (Å²) in [4.78, 5) is 11.7. The van der Waals surface area contributed by atoms with Crippen molar-refractivity contribution in [2.75, 3.05) is 0 Å². The minimum absolute atomic E-state index is 0.227. The van der Waals surface area contributed by atoms with Crippen LogP contribution in [0.3, 0.4) is 0 Å². The number of hydrogen-bond donors (Lipinski definition) is 0. The second-order valence-corrected chi connectivity index (χ2v) is 3.83. The van der Waals surface area contributed by atoms with Gasteiger partial charge in [-0.2, -0.15) is 0 Å². The molecule has 0 bridgehead atoms. The average molecular weight is 236 g/mol. The van der Waals surface area contributed by atoms with E-state index in [9.17, 15) is 13.6 Å². The number of benzene rings is 1. The number of halogens is 2. The molecule has 0 N–H and O–H groups in total. The second-order valence-electron chi connectivity index (χ2n) is 3.83. The van der Waals surface area contributed by atoms with Crippen molar-refractivity contribution >= 4 is 5.97 Å². The molecule has 1 heterocycles. The first-order chi connectivity index (χ1) is 8.08. The summed E-state index contributed by atoms with van der Waals surface area (Å²) >= 11 is 0. The van der Waals surface area contributed by atoms with Crippen LogP contribution in [0, 0.1) is 11.6 Å². The Balaban J connectivity index is 2.57. The van der Waals surface area contributed by atoms with Gasteiger partial charge < -0.3 is 4.74 Å². The lowest BCUT2D eigenvalue weighted by Gasteiger charge is -2.22. The van der Waals surface area contributed by atoms with Crippen molar-refractivity contribution in [1.82, 2.24) is 0 Å². The van der Waals surface area contributed by atoms with Gasteiger partial charge in [-0.3, -0.25) is 4.79 Å². The van der Waals surface area contributed by atoms with Crippen LogP contribution in [0.1, 0.15) is 12.0 Å². The summed E-state index contributed by atoms with van der Waals surface area (Å²) in [6.07, 6.45) is 4.46. The monoisotopic (exact) mass is 236 g/mol. The minimum atomic E-state index is -1.16. The molecule has 88 valence electrons. The predicted octanol–water partition coefficient (Wildman–Crippen LogP) is 2.85. The highest BCUT2D eigenvalue weighted by Crippen LogP contribution is 2.36. The Kier molecular flexibility index (Phi) is 2.79. The first-order valence-electron chi connectivity index (χ1n) is 5.05. The molecule has 0 spiro atoms. The lowest BCUT2D eigenvalue weighted by molar-refractivity contribution is -0.140. The van der Waals surface area contributed by atoms with Gasteiger partial charge in [0, 0.05) is 6.07 Å². The first kappa shape index (κ1) is 11.5. The molecule has 1 aliphatic heterocycles. The topological polar surface area (TPSA) is 26.3 Å². The molecular formula is C13H10F2O2. The summed E-state index contributed by atoms with van der Waals surface area (Å²) in [6, 6.07) is 3.02. The van der Waals surface area contributed by atoms with Crippen LogP contribution in [0.4, 0.5) is 8.78 Å². The molecule has 0 fully saturated rings. The maximum Gasteiger partial charge on any atom is 0.325 e. The zero-order valence-corrected chi connectivity index (χ0v) is 8.95. The van der Waals surface area contributed by atoms with Crippen LogP contribution in [0.15, 0.2) is 43.2 Å². The Morgan fingerprint density at radius 1 is 1.29 bits per heavy atom. The summed E-state index contributed by atoms with van der Waals surface area (Å²) in [7, 11) is 0. The van der Waals surface area contributed by atoms with Crippen LogP contribution < -0.4 is 0 Å². The molecule has 0 radical (unpaired) electrons. The highest BCUT2D eigenvalue weighted by atomic mass is 19.1. The Labute approximate surface area is 97.2 Å². The molecule has 0 saturated carbocycles. The van der Waals surface area contributed by atoms with Crippen LogP contribution in [0.2, 0.25) is 0 Å². The highest BCUT2D eigenvalue weighted by Gasteiger charge is 2.42. The van der Waals surface area contributed by atoms with Crippen molar-refractivity contribution < 1.29 is 18.3 Å². The summed E-state index contributed by atoms with van der Waals surface area (Å²) in [6.45, 7) is 3.54. The van der Waals surface area contributed by atoms with Crippen LogP contribution in [0.25, 0.3) is 0 Å². The number of carbonyl (C=O) groups excluding carboxylic acids is 1. The van der Waals surface area contributed by atoms with Crippen LogP contribution >= 0.6 is 0 Å². The molecule has 0 aromatic heterocycles. The van der Waals surface area contributed by atoms with E-state index in [1.807, 2.05) is 0 Å². The smallest absolute Gasteiger partial charge is 0.325 e. The van der Waals surface area contributed by atoms with Crippen molar-refractivity contribution in [1.29, 1.82) is 0 Å². The molecule has 1 aromatic rings. The van der Waals surface area contributed by atoms with Crippen molar-refractivity contribution in [2.24, 2.45) is 0 Å². The highest BCUT2D eigenvalue weighted by molar-refractivity contribution is 5.88. The van der Waals surface area contributed by atoms with Gasteiger partial charge in [0.2, 0.25) is 0 Å². The minimum Gasteiger partial charge on any atom is -0.434 e. The van der Waals surface area contributed by atoms with E-state index in [0.717, 1.165) is 18.2 Å². The first-order valence-corrected chi connectivity index (χ1v) is 5.05. The van der Waals surface area contributed by atoms with Crippen molar-refractivity contribution in [3.05, 3.63) is 60.4 Å². The van der Waals surface area contributed by atoms with Gasteiger partial charge in [0.15, 0.2) is 0 Å². The van der Waals surface area contributed by atoms with Crippen LogP contribution in [-0.4, -0.2) is 5.97 Å². The Morgan fingerprint density at radius 2 is 1.94 bits per heavy atom. The molecular weight excluding hydrogens is 226 g/mol. The fourth-order valence-electron chi connectivity index (χ4n) is 1.91. The maximum absolute atomic E-state index is 13.2. The van der Waals surface area contributed by atoms with Gasteiger partial charge >= 0.3 is 5.97 Å². The van der Waals surface area contributed by atoms with Gasteiger partial charge in [-0.1, -0.05) is 6.08 Å². The van der Waals surface area contributed by atoms with Gasteiger partial charge in [0.25, 0.3) is 0 Å². The summed E-state index contributed by atoms with van der Waals surface area (Å²) < 4.78 is 31.1. The molecule has 2 rings (SSSR count). The number of carbonyl (C=O) groups is 1. The normalized spacial score (nSPS) is 22.6. The number of cyclic esters (lactones) is 1. The van der Waals surface area contributed by atoms with Crippen LogP contribution in [0.5, 0.6) is 0 Å². The van der Waals surface area contributed by atoms with E-state index in [4.69, 9.17) is 4.74 Å².